The van der Waals surface area contributed by atoms with Gasteiger partial charge in [-0.2, -0.15) is 0 Å². The monoisotopic (exact) mass is 712 g/mol. The fourth-order valence-electron chi connectivity index (χ4n) is 8.75. The van der Waals surface area contributed by atoms with Crippen LogP contribution in [0.25, 0.3) is 99.5 Å². The Bertz CT molecular complexity index is 3180. The summed E-state index contributed by atoms with van der Waals surface area (Å²) < 4.78 is 4.87. The van der Waals surface area contributed by atoms with Gasteiger partial charge in [-0.3, -0.25) is 0 Å². The van der Waals surface area contributed by atoms with Crippen molar-refractivity contribution in [2.45, 2.75) is 0 Å². The van der Waals surface area contributed by atoms with Crippen LogP contribution in [0, 0.1) is 0 Å². The molecule has 0 saturated heterocycles. The van der Waals surface area contributed by atoms with Gasteiger partial charge >= 0.3 is 0 Å². The summed E-state index contributed by atoms with van der Waals surface area (Å²) in [6.45, 7) is 0. The molecule has 0 aliphatic heterocycles. The van der Waals surface area contributed by atoms with E-state index in [1.807, 2.05) is 0 Å². The van der Waals surface area contributed by atoms with Crippen LogP contribution in [0.5, 0.6) is 0 Å². The Labute approximate surface area is 325 Å². The predicted molar refractivity (Wildman–Crippen MR) is 237 cm³/mol. The van der Waals surface area contributed by atoms with E-state index in [2.05, 4.69) is 228 Å². The van der Waals surface area contributed by atoms with Gasteiger partial charge in [0, 0.05) is 32.9 Å². The molecule has 0 bridgehead atoms. The summed E-state index contributed by atoms with van der Waals surface area (Å²) in [6, 6.07) is 79.5. The maximum atomic E-state index is 2.46. The van der Waals surface area contributed by atoms with Crippen molar-refractivity contribution in [1.29, 1.82) is 0 Å². The maximum Gasteiger partial charge on any atom is 0.0542 e. The van der Waals surface area contributed by atoms with Crippen LogP contribution in [0.2, 0.25) is 0 Å². The first-order chi connectivity index (χ1) is 27.8. The largest absolute Gasteiger partial charge is 0.309 e. The van der Waals surface area contributed by atoms with E-state index in [0.29, 0.717) is 0 Å². The summed E-state index contributed by atoms with van der Waals surface area (Å²) in [5, 5.41) is 4.99. The van der Waals surface area contributed by atoms with Crippen molar-refractivity contribution in [2.24, 2.45) is 0 Å². The van der Waals surface area contributed by atoms with Crippen molar-refractivity contribution in [2.75, 3.05) is 0 Å². The Morgan fingerprint density at radius 2 is 0.643 bits per heavy atom. The summed E-state index contributed by atoms with van der Waals surface area (Å²) in [6.07, 6.45) is 0. The van der Waals surface area contributed by atoms with Gasteiger partial charge in [0.15, 0.2) is 0 Å². The molecule has 2 heterocycles. The Hall–Kier alpha value is -7.42. The fraction of sp³-hybridized carbons (Fsp3) is 0. The van der Waals surface area contributed by atoms with E-state index in [9.17, 15) is 0 Å². The fourth-order valence-corrected chi connectivity index (χ4v) is 8.75. The van der Waals surface area contributed by atoms with Gasteiger partial charge in [0.1, 0.15) is 0 Å². The number of para-hydroxylation sites is 3. The summed E-state index contributed by atoms with van der Waals surface area (Å²) in [5.74, 6) is 0. The Kier molecular flexibility index (Phi) is 7.53. The lowest BCUT2D eigenvalue weighted by Gasteiger charge is -2.17. The second-order valence-corrected chi connectivity index (χ2v) is 14.6. The van der Waals surface area contributed by atoms with Crippen LogP contribution in [0.15, 0.2) is 218 Å². The van der Waals surface area contributed by atoms with Crippen molar-refractivity contribution in [3.63, 3.8) is 0 Å². The Morgan fingerprint density at radius 1 is 0.214 bits per heavy atom. The maximum absolute atomic E-state index is 2.46. The lowest BCUT2D eigenvalue weighted by atomic mass is 9.91. The van der Waals surface area contributed by atoms with Gasteiger partial charge in [-0.05, 0) is 105 Å². The molecule has 11 aromatic rings. The number of rotatable bonds is 6. The molecule has 0 spiro atoms. The van der Waals surface area contributed by atoms with Crippen molar-refractivity contribution >= 4 is 43.6 Å². The zero-order valence-corrected chi connectivity index (χ0v) is 30.7. The smallest absolute Gasteiger partial charge is 0.0542 e. The minimum atomic E-state index is 1.13. The van der Waals surface area contributed by atoms with E-state index in [0.717, 1.165) is 11.4 Å². The van der Waals surface area contributed by atoms with Gasteiger partial charge in [0.25, 0.3) is 0 Å². The minimum absolute atomic E-state index is 1.13. The van der Waals surface area contributed by atoms with Gasteiger partial charge < -0.3 is 9.13 Å². The zero-order chi connectivity index (χ0) is 37.0. The number of hydrogen-bond acceptors (Lipinski definition) is 0. The summed E-state index contributed by atoms with van der Waals surface area (Å²) in [5.41, 5.74) is 16.6. The lowest BCUT2D eigenvalue weighted by Crippen LogP contribution is -1.97. The molecule has 0 radical (unpaired) electrons. The molecule has 0 N–H and O–H groups in total. The van der Waals surface area contributed by atoms with E-state index in [1.54, 1.807) is 0 Å². The second kappa shape index (κ2) is 13.2. The molecule has 11 rings (SSSR count). The molecule has 262 valence electrons. The van der Waals surface area contributed by atoms with Crippen LogP contribution in [0.4, 0.5) is 0 Å². The summed E-state index contributed by atoms with van der Waals surface area (Å²) in [4.78, 5) is 0. The van der Waals surface area contributed by atoms with Gasteiger partial charge in [-0.1, -0.05) is 158 Å². The quantitative estimate of drug-likeness (QED) is 0.162. The van der Waals surface area contributed by atoms with Crippen LogP contribution in [0.3, 0.4) is 0 Å². The van der Waals surface area contributed by atoms with E-state index < -0.39 is 0 Å². The lowest BCUT2D eigenvalue weighted by molar-refractivity contribution is 1.17. The predicted octanol–water partition coefficient (Wildman–Crippen LogP) is 14.5. The normalized spacial score (nSPS) is 11.6. The third-order valence-electron chi connectivity index (χ3n) is 11.3. The first-order valence-corrected chi connectivity index (χ1v) is 19.3. The van der Waals surface area contributed by atoms with E-state index in [-0.39, 0.29) is 0 Å². The number of nitrogens with zero attached hydrogens (tertiary/aromatic N) is 2. The summed E-state index contributed by atoms with van der Waals surface area (Å²) in [7, 11) is 0. The van der Waals surface area contributed by atoms with Gasteiger partial charge in [0.2, 0.25) is 0 Å². The molecule has 0 atom stereocenters. The molecule has 2 heteroatoms. The first kappa shape index (κ1) is 32.0. The molecule has 0 aliphatic rings. The van der Waals surface area contributed by atoms with Crippen LogP contribution in [-0.2, 0) is 0 Å². The molecule has 9 aromatic carbocycles. The van der Waals surface area contributed by atoms with Crippen molar-refractivity contribution in [3.8, 4) is 55.9 Å². The highest BCUT2D eigenvalue weighted by atomic mass is 15.0. The van der Waals surface area contributed by atoms with Gasteiger partial charge in [-0.15, -0.1) is 0 Å². The number of fused-ring (bicyclic) bond motifs is 6. The number of aromatic nitrogens is 2. The average molecular weight is 713 g/mol. The van der Waals surface area contributed by atoms with Crippen LogP contribution < -0.4 is 0 Å². The van der Waals surface area contributed by atoms with Crippen molar-refractivity contribution in [3.05, 3.63) is 218 Å². The molecular weight excluding hydrogens is 677 g/mol. The topological polar surface area (TPSA) is 9.86 Å². The van der Waals surface area contributed by atoms with Crippen LogP contribution in [-0.4, -0.2) is 9.13 Å². The van der Waals surface area contributed by atoms with Gasteiger partial charge in [0.05, 0.1) is 22.1 Å². The first-order valence-electron chi connectivity index (χ1n) is 19.3. The highest BCUT2D eigenvalue weighted by molar-refractivity contribution is 6.12. The Morgan fingerprint density at radius 3 is 1.29 bits per heavy atom. The van der Waals surface area contributed by atoms with Crippen LogP contribution >= 0.6 is 0 Å². The molecule has 0 fully saturated rings. The molecule has 0 unspecified atom stereocenters. The summed E-state index contributed by atoms with van der Waals surface area (Å²) >= 11 is 0. The Balaban J connectivity index is 1.16. The SMILES string of the molecule is c1ccc(-c2cccc(-c3cc(-c4ccccc4-c4ccccc4)cc(-n4c5ccccc5c5cc(-n6c7ccccc7c7ccccc76)ccc54)c3)c2)cc1. The molecule has 56 heavy (non-hydrogen) atoms. The van der Waals surface area contributed by atoms with Crippen molar-refractivity contribution < 1.29 is 0 Å². The van der Waals surface area contributed by atoms with Crippen molar-refractivity contribution in [1.82, 2.24) is 9.13 Å². The number of benzene rings is 9. The highest BCUT2D eigenvalue weighted by Crippen LogP contribution is 2.41. The highest BCUT2D eigenvalue weighted by Gasteiger charge is 2.18. The van der Waals surface area contributed by atoms with E-state index >= 15 is 0 Å². The van der Waals surface area contributed by atoms with Gasteiger partial charge in [-0.25, -0.2) is 0 Å². The van der Waals surface area contributed by atoms with E-state index in [4.69, 9.17) is 0 Å². The van der Waals surface area contributed by atoms with E-state index in [1.165, 1.54) is 88.1 Å². The third-order valence-corrected chi connectivity index (χ3v) is 11.3. The second-order valence-electron chi connectivity index (χ2n) is 14.6. The molecule has 0 saturated carbocycles. The molecular formula is C54H36N2. The molecule has 0 aliphatic carbocycles. The minimum Gasteiger partial charge on any atom is -0.309 e. The standard InChI is InChI=1S/C54H36N2/c1-3-16-37(17-4-1)39-20-15-21-40(32-39)41-33-42(46-23-8-7-22-45(46)38-18-5-2-6-19-38)35-44(34-41)56-53-29-14-11-26-49(53)50-36-43(30-31-54(50)56)55-51-27-12-9-24-47(51)48-25-10-13-28-52(48)55/h1-36H. The zero-order valence-electron chi connectivity index (χ0n) is 30.7. The molecule has 0 amide bonds. The average Bonchev–Trinajstić information content (AvgIpc) is 3.79. The van der Waals surface area contributed by atoms with Crippen LogP contribution in [0.1, 0.15) is 0 Å². The number of hydrogen-bond donors (Lipinski definition) is 0. The third kappa shape index (κ3) is 5.26. The molecule has 2 aromatic heterocycles. The molecule has 2 nitrogen and oxygen atoms in total.